The monoisotopic (exact) mass is 975 g/mol. The van der Waals surface area contributed by atoms with Crippen molar-refractivity contribution in [1.29, 1.82) is 0 Å². The second kappa shape index (κ2) is 25.4. The van der Waals surface area contributed by atoms with Crippen molar-refractivity contribution in [3.8, 4) is 17.2 Å². The molecule has 26 heteroatoms. The quantitative estimate of drug-likeness (QED) is 0.0158. The number of ether oxygens (including phenoxy) is 8. The summed E-state index contributed by atoms with van der Waals surface area (Å²) in [5.74, 6) is -7.66. The molecule has 0 N–H and O–H groups in total. The number of carbonyl (C=O) groups excluding carboxylic acids is 5. The average Bonchev–Trinajstić information content (AvgIpc) is 3.22. The molecule has 0 radical (unpaired) electrons. The molecular formula is C37H46BrN5O19S. The smallest absolute Gasteiger partial charge is 0.482 e. The van der Waals surface area contributed by atoms with Crippen LogP contribution < -0.4 is 13.1 Å². The molecule has 1 aliphatic carbocycles. The second-order valence-electron chi connectivity index (χ2n) is 13.2. The van der Waals surface area contributed by atoms with Gasteiger partial charge < -0.3 is 51.2 Å². The summed E-state index contributed by atoms with van der Waals surface area (Å²) in [7, 11) is -2.82. The number of nitrogens with zero attached hydrogens (tertiary/aromatic N) is 5. The Hall–Kier alpha value is -5.79. The van der Waals surface area contributed by atoms with E-state index in [1.54, 1.807) is 0 Å². The molecule has 1 amide bonds. The van der Waals surface area contributed by atoms with Crippen molar-refractivity contribution in [1.82, 2.24) is 4.90 Å². The Morgan fingerprint density at radius 2 is 1.41 bits per heavy atom. The number of alkyl halides is 1. The maximum Gasteiger partial charge on any atom is 0.501 e. The second-order valence-corrected chi connectivity index (χ2v) is 14.9. The van der Waals surface area contributed by atoms with E-state index in [0.29, 0.717) is 5.56 Å². The molecule has 24 nitrogen and oxygen atoms in total. The van der Waals surface area contributed by atoms with Crippen molar-refractivity contribution in [2.45, 2.75) is 56.9 Å². The summed E-state index contributed by atoms with van der Waals surface area (Å²) in [4.78, 5) is 78.4. The molecule has 0 bridgehead atoms. The van der Waals surface area contributed by atoms with Crippen LogP contribution in [0, 0.1) is 16.0 Å². The van der Waals surface area contributed by atoms with Gasteiger partial charge in [-0.1, -0.05) is 27.1 Å². The van der Waals surface area contributed by atoms with Crippen molar-refractivity contribution in [2.75, 3.05) is 66.9 Å². The van der Waals surface area contributed by atoms with Crippen LogP contribution in [0.2, 0.25) is 0 Å². The number of rotatable bonds is 25. The molecule has 0 unspecified atom stereocenters. The minimum absolute atomic E-state index is 0.0490. The lowest BCUT2D eigenvalue weighted by Crippen LogP contribution is -2.61. The summed E-state index contributed by atoms with van der Waals surface area (Å²) in [5, 5.41) is 15.4. The summed E-state index contributed by atoms with van der Waals surface area (Å²) < 4.78 is 80.8. The zero-order valence-electron chi connectivity index (χ0n) is 34.7. The van der Waals surface area contributed by atoms with Gasteiger partial charge in [-0.15, -0.1) is 8.42 Å². The third-order valence-corrected chi connectivity index (χ3v) is 10.0. The summed E-state index contributed by atoms with van der Waals surface area (Å²) in [6.07, 6.45) is -6.78. The van der Waals surface area contributed by atoms with Gasteiger partial charge in [-0.25, -0.2) is 0 Å². The topological polar surface area (TPSA) is 307 Å². The summed E-state index contributed by atoms with van der Waals surface area (Å²) in [6, 6.07) is 6.78. The normalized spacial score (nSPS) is 18.2. The molecule has 1 aliphatic rings. The zero-order valence-corrected chi connectivity index (χ0v) is 37.1. The molecule has 1 saturated carbocycles. The standard InChI is InChI=1S/C37H46BrN5O19S/c1-22(44)57-33-27(37(48)53-5)20-32(34(58-23(2)45)35(33)59-24(3)46)60-30-9-7-26(36(47)42(4)11-13-55-15-17-56-16-14-54-12-10-40-41-39)19-31(30)62-63(51,52)61-29-8-6-25(21-38)18-28(29)43(49)50/h6-9,18-19,27,32-35H,10-17,20-21H2,1-5H3/t27-,32+,33+,34-,35-/m0/s1. The van der Waals surface area contributed by atoms with Gasteiger partial charge in [0.05, 0.1) is 51.7 Å². The largest absolute Gasteiger partial charge is 0.501 e. The fourth-order valence-electron chi connectivity index (χ4n) is 5.92. The van der Waals surface area contributed by atoms with Crippen molar-refractivity contribution in [3.05, 3.63) is 68.1 Å². The van der Waals surface area contributed by atoms with Crippen LogP contribution >= 0.6 is 15.9 Å². The number of halogens is 1. The first-order valence-electron chi connectivity index (χ1n) is 18.8. The molecule has 1 fully saturated rings. The molecule has 5 atom stereocenters. The maximum absolute atomic E-state index is 13.6. The van der Waals surface area contributed by atoms with Gasteiger partial charge in [-0.3, -0.25) is 34.1 Å². The fraction of sp³-hybridized carbons (Fsp3) is 0.541. The molecule has 346 valence electrons. The Morgan fingerprint density at radius 1 is 0.841 bits per heavy atom. The van der Waals surface area contributed by atoms with Crippen molar-refractivity contribution in [3.63, 3.8) is 0 Å². The van der Waals surface area contributed by atoms with Crippen LogP contribution in [0.15, 0.2) is 41.5 Å². The van der Waals surface area contributed by atoms with E-state index >= 15 is 0 Å². The first kappa shape index (κ1) is 51.6. The number of nitro groups is 1. The van der Waals surface area contributed by atoms with Crippen molar-refractivity contribution >= 4 is 61.8 Å². The van der Waals surface area contributed by atoms with E-state index in [-0.39, 0.29) is 63.6 Å². The zero-order chi connectivity index (χ0) is 46.7. The van der Waals surface area contributed by atoms with E-state index in [1.165, 1.54) is 24.1 Å². The Balaban J connectivity index is 1.96. The molecular weight excluding hydrogens is 930 g/mol. The molecule has 0 saturated heterocycles. The van der Waals surface area contributed by atoms with E-state index in [9.17, 15) is 42.5 Å². The molecule has 0 heterocycles. The molecule has 0 spiro atoms. The Kier molecular flexibility index (Phi) is 20.7. The van der Waals surface area contributed by atoms with Gasteiger partial charge in [-0.05, 0) is 35.4 Å². The van der Waals surface area contributed by atoms with Crippen LogP contribution in [0.3, 0.4) is 0 Å². The minimum Gasteiger partial charge on any atom is -0.482 e. The molecule has 0 aliphatic heterocycles. The molecule has 2 aromatic carbocycles. The summed E-state index contributed by atoms with van der Waals surface area (Å²) in [5.41, 5.74) is 7.80. The number of hydrogen-bond donors (Lipinski definition) is 0. The van der Waals surface area contributed by atoms with Crippen molar-refractivity contribution < 1.29 is 83.6 Å². The van der Waals surface area contributed by atoms with E-state index in [1.807, 2.05) is 0 Å². The lowest BCUT2D eigenvalue weighted by atomic mass is 9.80. The molecule has 2 aromatic rings. The lowest BCUT2D eigenvalue weighted by Gasteiger charge is -2.43. The van der Waals surface area contributed by atoms with Gasteiger partial charge in [0, 0.05) is 69.2 Å². The summed E-state index contributed by atoms with van der Waals surface area (Å²) >= 11 is 3.17. The van der Waals surface area contributed by atoms with Crippen LogP contribution in [-0.2, 0) is 68.1 Å². The number of hydrogen-bond acceptors (Lipinski definition) is 20. The van der Waals surface area contributed by atoms with E-state index in [4.69, 9.17) is 51.8 Å². The number of amides is 1. The van der Waals surface area contributed by atoms with Crippen LogP contribution in [0.25, 0.3) is 10.4 Å². The summed E-state index contributed by atoms with van der Waals surface area (Å²) in [6.45, 7) is 4.54. The van der Waals surface area contributed by atoms with Crippen molar-refractivity contribution in [2.24, 2.45) is 11.0 Å². The lowest BCUT2D eigenvalue weighted by molar-refractivity contribution is -0.385. The van der Waals surface area contributed by atoms with Gasteiger partial charge in [0.1, 0.15) is 12.0 Å². The van der Waals surface area contributed by atoms with E-state index in [0.717, 1.165) is 52.1 Å². The first-order valence-corrected chi connectivity index (χ1v) is 21.2. The minimum atomic E-state index is -5.30. The van der Waals surface area contributed by atoms with Gasteiger partial charge >= 0.3 is 40.0 Å². The SMILES string of the molecule is COC(=O)[C@H]1C[C@@H](Oc2ccc(C(=O)N(C)CCOCCOCCOCCN=[N+]=[N-])cc2OS(=O)(=O)Oc2ccc(CBr)cc2[N+](=O)[O-])[C@H](OC(C)=O)[C@@H](OC(C)=O)[C@@H]1OC(C)=O. The predicted octanol–water partition coefficient (Wildman–Crippen LogP) is 3.36. The van der Waals surface area contributed by atoms with E-state index in [2.05, 4.69) is 26.0 Å². The molecule has 0 aromatic heterocycles. The Labute approximate surface area is 369 Å². The van der Waals surface area contributed by atoms with Gasteiger partial charge in [-0.2, -0.15) is 0 Å². The number of benzene rings is 2. The molecule has 3 rings (SSSR count). The number of azide groups is 1. The van der Waals surface area contributed by atoms with Crippen LogP contribution in [0.1, 0.15) is 43.1 Å². The maximum atomic E-state index is 13.6. The third kappa shape index (κ3) is 16.4. The first-order chi connectivity index (χ1) is 29.9. The van der Waals surface area contributed by atoms with E-state index < -0.39 is 105 Å². The molecule has 63 heavy (non-hydrogen) atoms. The highest BCUT2D eigenvalue weighted by atomic mass is 79.9. The fourth-order valence-corrected chi connectivity index (χ4v) is 7.02. The average molecular weight is 977 g/mol. The predicted molar refractivity (Wildman–Crippen MR) is 217 cm³/mol. The van der Waals surface area contributed by atoms with Crippen LogP contribution in [-0.4, -0.2) is 139 Å². The number of carbonyl (C=O) groups is 5. The highest BCUT2D eigenvalue weighted by molar-refractivity contribution is 9.08. The van der Waals surface area contributed by atoms with Gasteiger partial charge in [0.2, 0.25) is 5.75 Å². The number of nitro benzene ring substituents is 1. The third-order valence-electron chi connectivity index (χ3n) is 8.59. The highest BCUT2D eigenvalue weighted by Gasteiger charge is 2.54. The van der Waals surface area contributed by atoms with Crippen LogP contribution in [0.4, 0.5) is 5.69 Å². The Bertz CT molecular complexity index is 2100. The highest BCUT2D eigenvalue weighted by Crippen LogP contribution is 2.39. The number of likely N-dealkylation sites (N-methyl/N-ethyl adjacent to an activating group) is 1. The van der Waals surface area contributed by atoms with Gasteiger partial charge in [0.25, 0.3) is 5.91 Å². The van der Waals surface area contributed by atoms with Gasteiger partial charge in [0.15, 0.2) is 29.8 Å². The van der Waals surface area contributed by atoms with Crippen LogP contribution in [0.5, 0.6) is 17.2 Å². The Morgan fingerprint density at radius 3 is 2.00 bits per heavy atom. The number of methoxy groups -OCH3 is 1. The number of esters is 4.